The number of benzene rings is 1. The van der Waals surface area contributed by atoms with Crippen LogP contribution in [-0.2, 0) is 16.0 Å². The molecule has 0 aliphatic carbocycles. The van der Waals surface area contributed by atoms with Crippen LogP contribution >= 0.6 is 0 Å². The van der Waals surface area contributed by atoms with Crippen LogP contribution in [0.4, 0.5) is 18.9 Å². The van der Waals surface area contributed by atoms with Crippen LogP contribution in [0.2, 0.25) is 0 Å². The zero-order valence-electron chi connectivity index (χ0n) is 15.4. The normalized spacial score (nSPS) is 13.7. The molecule has 1 aromatic rings. The molecule has 1 N–H and O–H groups in total. The maximum Gasteiger partial charge on any atom is 0.573 e. The quantitative estimate of drug-likeness (QED) is 0.780. The molecular formula is C18H24F3N3O3. The van der Waals surface area contributed by atoms with Gasteiger partial charge in [-0.2, -0.15) is 0 Å². The first-order valence-corrected chi connectivity index (χ1v) is 8.84. The zero-order chi connectivity index (χ0) is 20.0. The maximum atomic E-state index is 12.4. The van der Waals surface area contributed by atoms with Crippen molar-refractivity contribution < 1.29 is 27.5 Å². The number of nitrogens with zero attached hydrogens (tertiary/aromatic N) is 2. The van der Waals surface area contributed by atoms with E-state index in [1.807, 2.05) is 11.8 Å². The number of ether oxygens (including phenoxy) is 1. The van der Waals surface area contributed by atoms with Crippen molar-refractivity contribution in [2.45, 2.75) is 32.5 Å². The molecule has 27 heavy (non-hydrogen) atoms. The number of rotatable bonds is 7. The lowest BCUT2D eigenvalue weighted by molar-refractivity contribution is -0.274. The number of anilines is 1. The van der Waals surface area contributed by atoms with Crippen LogP contribution in [0.25, 0.3) is 0 Å². The van der Waals surface area contributed by atoms with Crippen LogP contribution in [0, 0.1) is 0 Å². The number of likely N-dealkylation sites (N-methyl/N-ethyl adjacent to an activating group) is 1. The van der Waals surface area contributed by atoms with E-state index >= 15 is 0 Å². The van der Waals surface area contributed by atoms with E-state index in [0.717, 1.165) is 12.8 Å². The Labute approximate surface area is 156 Å². The molecule has 0 saturated carbocycles. The number of hydrogen-bond acceptors (Lipinski definition) is 4. The van der Waals surface area contributed by atoms with Crippen molar-refractivity contribution in [3.05, 3.63) is 23.8 Å². The van der Waals surface area contributed by atoms with Gasteiger partial charge >= 0.3 is 6.36 Å². The molecule has 1 aromatic carbocycles. The molecule has 9 heteroatoms. The van der Waals surface area contributed by atoms with Gasteiger partial charge in [-0.25, -0.2) is 0 Å². The predicted molar refractivity (Wildman–Crippen MR) is 94.6 cm³/mol. The Bertz CT molecular complexity index is 680. The third kappa shape index (κ3) is 6.33. The van der Waals surface area contributed by atoms with Crippen molar-refractivity contribution in [3.63, 3.8) is 0 Å². The summed E-state index contributed by atoms with van der Waals surface area (Å²) in [6.07, 6.45) is -2.59. The topological polar surface area (TPSA) is 61.9 Å². The Kier molecular flexibility index (Phi) is 6.92. The fraction of sp³-hybridized carbons (Fsp3) is 0.556. The van der Waals surface area contributed by atoms with Gasteiger partial charge < -0.3 is 19.9 Å². The molecule has 0 bridgehead atoms. The zero-order valence-corrected chi connectivity index (χ0v) is 15.4. The van der Waals surface area contributed by atoms with Crippen LogP contribution in [0.1, 0.15) is 25.3 Å². The third-order valence-corrected chi connectivity index (χ3v) is 4.20. The Hall–Kier alpha value is -2.45. The minimum absolute atomic E-state index is 0.0299. The van der Waals surface area contributed by atoms with E-state index in [2.05, 4.69) is 10.1 Å². The molecule has 2 rings (SSSR count). The number of nitrogens with one attached hydrogen (secondary N) is 1. The van der Waals surface area contributed by atoms with Gasteiger partial charge in [0, 0.05) is 25.8 Å². The fourth-order valence-corrected chi connectivity index (χ4v) is 2.92. The molecule has 150 valence electrons. The summed E-state index contributed by atoms with van der Waals surface area (Å²) < 4.78 is 41.1. The van der Waals surface area contributed by atoms with E-state index in [1.54, 1.807) is 7.05 Å². The molecule has 2 amide bonds. The molecule has 1 aliphatic heterocycles. The van der Waals surface area contributed by atoms with Crippen molar-refractivity contribution in [3.8, 4) is 5.75 Å². The number of halogens is 3. The monoisotopic (exact) mass is 387 g/mol. The van der Waals surface area contributed by atoms with Crippen molar-refractivity contribution >= 4 is 17.5 Å². The van der Waals surface area contributed by atoms with E-state index in [4.69, 9.17) is 0 Å². The van der Waals surface area contributed by atoms with Gasteiger partial charge in [0.05, 0.1) is 13.1 Å². The lowest BCUT2D eigenvalue weighted by Gasteiger charge is -2.32. The summed E-state index contributed by atoms with van der Waals surface area (Å²) in [4.78, 5) is 27.3. The summed E-state index contributed by atoms with van der Waals surface area (Å²) in [5, 5.41) is 2.71. The standard InChI is InChI=1S/C18H24F3N3O3/c1-3-8-22-16(25)11-23(2)17(26)12-24-9-4-5-13-10-14(6-7-15(13)24)27-18(19,20)21/h6-7,10H,3-5,8-9,11-12H2,1-2H3,(H,22,25). The van der Waals surface area contributed by atoms with Crippen molar-refractivity contribution in [1.82, 2.24) is 10.2 Å². The number of carbonyl (C=O) groups excluding carboxylic acids is 2. The summed E-state index contributed by atoms with van der Waals surface area (Å²) in [5.41, 5.74) is 1.42. The van der Waals surface area contributed by atoms with Gasteiger partial charge in [0.2, 0.25) is 11.8 Å². The molecule has 0 fully saturated rings. The molecule has 1 aliphatic rings. The summed E-state index contributed by atoms with van der Waals surface area (Å²) in [7, 11) is 1.55. The molecule has 0 spiro atoms. The van der Waals surface area contributed by atoms with E-state index in [0.29, 0.717) is 30.8 Å². The molecule has 6 nitrogen and oxygen atoms in total. The molecular weight excluding hydrogens is 363 g/mol. The van der Waals surface area contributed by atoms with Gasteiger partial charge in [0.15, 0.2) is 0 Å². The second-order valence-corrected chi connectivity index (χ2v) is 6.46. The Morgan fingerprint density at radius 2 is 2.07 bits per heavy atom. The summed E-state index contributed by atoms with van der Waals surface area (Å²) in [6.45, 7) is 3.15. The van der Waals surface area contributed by atoms with E-state index in [9.17, 15) is 22.8 Å². The lowest BCUT2D eigenvalue weighted by atomic mass is 10.0. The molecule has 0 aromatic heterocycles. The molecule has 1 heterocycles. The SMILES string of the molecule is CCCNC(=O)CN(C)C(=O)CN1CCCc2cc(OC(F)(F)F)ccc21. The second kappa shape index (κ2) is 8.96. The Morgan fingerprint density at radius 3 is 2.74 bits per heavy atom. The first-order chi connectivity index (χ1) is 12.7. The van der Waals surface area contributed by atoms with Crippen LogP contribution in [0.5, 0.6) is 5.75 Å². The van der Waals surface area contributed by atoms with E-state index in [1.165, 1.54) is 23.1 Å². The average Bonchev–Trinajstić information content (AvgIpc) is 2.58. The summed E-state index contributed by atoms with van der Waals surface area (Å²) in [5.74, 6) is -0.718. The summed E-state index contributed by atoms with van der Waals surface area (Å²) >= 11 is 0. The first kappa shape index (κ1) is 20.9. The Morgan fingerprint density at radius 1 is 1.33 bits per heavy atom. The highest BCUT2D eigenvalue weighted by Crippen LogP contribution is 2.32. The van der Waals surface area contributed by atoms with E-state index in [-0.39, 0.29) is 30.7 Å². The minimum Gasteiger partial charge on any atom is -0.406 e. The molecule has 0 unspecified atom stereocenters. The van der Waals surface area contributed by atoms with Crippen molar-refractivity contribution in [2.75, 3.05) is 38.1 Å². The van der Waals surface area contributed by atoms with Crippen LogP contribution in [0.15, 0.2) is 18.2 Å². The highest BCUT2D eigenvalue weighted by atomic mass is 19.4. The number of alkyl halides is 3. The molecule has 0 saturated heterocycles. The van der Waals surface area contributed by atoms with Gasteiger partial charge in [0.25, 0.3) is 0 Å². The van der Waals surface area contributed by atoms with Gasteiger partial charge in [-0.3, -0.25) is 9.59 Å². The lowest BCUT2D eigenvalue weighted by Crippen LogP contribution is -2.44. The van der Waals surface area contributed by atoms with Crippen LogP contribution < -0.4 is 15.0 Å². The van der Waals surface area contributed by atoms with Gasteiger partial charge in [-0.15, -0.1) is 13.2 Å². The molecule has 0 radical (unpaired) electrons. The largest absolute Gasteiger partial charge is 0.573 e. The van der Waals surface area contributed by atoms with Gasteiger partial charge in [0.1, 0.15) is 5.75 Å². The van der Waals surface area contributed by atoms with Crippen LogP contribution in [0.3, 0.4) is 0 Å². The third-order valence-electron chi connectivity index (χ3n) is 4.20. The van der Waals surface area contributed by atoms with Crippen LogP contribution in [-0.4, -0.2) is 56.3 Å². The van der Waals surface area contributed by atoms with Gasteiger partial charge in [-0.05, 0) is 43.0 Å². The number of carbonyl (C=O) groups is 2. The van der Waals surface area contributed by atoms with Crippen molar-refractivity contribution in [2.24, 2.45) is 0 Å². The second-order valence-electron chi connectivity index (χ2n) is 6.46. The average molecular weight is 387 g/mol. The highest BCUT2D eigenvalue weighted by Gasteiger charge is 2.31. The van der Waals surface area contributed by atoms with Crippen molar-refractivity contribution in [1.29, 1.82) is 0 Å². The summed E-state index contributed by atoms with van der Waals surface area (Å²) in [6, 6.07) is 4.15. The minimum atomic E-state index is -4.74. The molecule has 0 atom stereocenters. The predicted octanol–water partition coefficient (Wildman–Crippen LogP) is 2.32. The fourth-order valence-electron chi connectivity index (χ4n) is 2.92. The number of aryl methyl sites for hydroxylation is 1. The first-order valence-electron chi connectivity index (χ1n) is 8.84. The van der Waals surface area contributed by atoms with E-state index < -0.39 is 6.36 Å². The smallest absolute Gasteiger partial charge is 0.406 e. The number of hydrogen-bond donors (Lipinski definition) is 1. The number of fused-ring (bicyclic) bond motifs is 1. The highest BCUT2D eigenvalue weighted by molar-refractivity contribution is 5.87. The Balaban J connectivity index is 2.00. The van der Waals surface area contributed by atoms with Gasteiger partial charge in [-0.1, -0.05) is 6.92 Å². The maximum absolute atomic E-state index is 12.4. The number of amides is 2.